The lowest BCUT2D eigenvalue weighted by Gasteiger charge is -2.14. The molecule has 0 heterocycles. The number of rotatable bonds is 7. The Morgan fingerprint density at radius 3 is 2.21 bits per heavy atom. The lowest BCUT2D eigenvalue weighted by molar-refractivity contribution is 0.0621. The minimum absolute atomic E-state index is 0.0256. The average Bonchev–Trinajstić information content (AvgIpc) is 1.95. The highest BCUT2D eigenvalue weighted by Crippen LogP contribution is 2.23. The van der Waals surface area contributed by atoms with Gasteiger partial charge in [-0.3, -0.25) is 11.5 Å². The van der Waals surface area contributed by atoms with Crippen LogP contribution in [0.25, 0.3) is 0 Å². The highest BCUT2D eigenvalue weighted by molar-refractivity contribution is 7.32. The molecule has 82 valence electrons. The largest absolute Gasteiger partial charge is 0.698 e. The summed E-state index contributed by atoms with van der Waals surface area (Å²) in [6.45, 7) is -0.0343. The number of hydrogen-bond acceptors (Lipinski definition) is 6. The van der Waals surface area contributed by atoms with Crippen LogP contribution in [0.5, 0.6) is 0 Å². The second-order valence-electron chi connectivity index (χ2n) is 2.46. The first-order chi connectivity index (χ1) is 6.33. The maximum Gasteiger partial charge on any atom is 0.698 e. The van der Waals surface area contributed by atoms with E-state index in [4.69, 9.17) is 21.3 Å². The molecule has 0 spiro atoms. The molecule has 2 atom stereocenters. The molecule has 0 saturated heterocycles. The molecule has 10 heteroatoms. The van der Waals surface area contributed by atoms with E-state index in [1.54, 1.807) is 0 Å². The van der Waals surface area contributed by atoms with Gasteiger partial charge in [-0.05, 0) is 6.42 Å². The summed E-state index contributed by atoms with van der Waals surface area (Å²) in [6, 6.07) is 0. The van der Waals surface area contributed by atoms with E-state index in [0.717, 1.165) is 0 Å². The molecule has 0 fully saturated rings. The van der Waals surface area contributed by atoms with Crippen molar-refractivity contribution in [2.24, 2.45) is 11.5 Å². The van der Waals surface area contributed by atoms with Crippen molar-refractivity contribution >= 4 is 16.5 Å². The van der Waals surface area contributed by atoms with E-state index in [-0.39, 0.29) is 19.4 Å². The summed E-state index contributed by atoms with van der Waals surface area (Å²) in [6.07, 6.45) is 0.260. The molecule has 0 aromatic carbocycles. The Bertz CT molecular complexity index is 222. The summed E-state index contributed by atoms with van der Waals surface area (Å²) >= 11 is 0. The van der Waals surface area contributed by atoms with Gasteiger partial charge in [0.25, 0.3) is 0 Å². The summed E-state index contributed by atoms with van der Waals surface area (Å²) in [5.74, 6) is -1.73. The fourth-order valence-corrected chi connectivity index (χ4v) is 1.35. The fraction of sp³-hybridized carbons (Fsp3) is 1.00. The van der Waals surface area contributed by atoms with Gasteiger partial charge in [0.2, 0.25) is 5.85 Å². The molecule has 2 unspecified atom stereocenters. The molecular formula is C4H12N2O6P2+2. The van der Waals surface area contributed by atoms with E-state index in [9.17, 15) is 9.13 Å². The first-order valence-corrected chi connectivity index (χ1v) is 5.81. The second-order valence-corrected chi connectivity index (χ2v) is 3.85. The molecule has 0 aromatic heterocycles. The van der Waals surface area contributed by atoms with Gasteiger partial charge >= 0.3 is 16.5 Å². The quantitative estimate of drug-likeness (QED) is 0.271. The second kappa shape index (κ2) is 6.44. The zero-order valence-electron chi connectivity index (χ0n) is 7.20. The highest BCUT2D eigenvalue weighted by atomic mass is 31.1. The molecule has 14 heavy (non-hydrogen) atoms. The molecular weight excluding hydrogens is 234 g/mol. The Labute approximate surface area is 82.1 Å². The topological polar surface area (TPSA) is 145 Å². The van der Waals surface area contributed by atoms with Gasteiger partial charge in [0.05, 0.1) is 0 Å². The molecule has 0 rings (SSSR count). The van der Waals surface area contributed by atoms with E-state index >= 15 is 0 Å². The van der Waals surface area contributed by atoms with Crippen molar-refractivity contribution in [3.05, 3.63) is 0 Å². The maximum absolute atomic E-state index is 10.2. The predicted molar refractivity (Wildman–Crippen MR) is 47.0 cm³/mol. The predicted octanol–water partition coefficient (Wildman–Crippen LogP) is -0.330. The van der Waals surface area contributed by atoms with Crippen LogP contribution in [0.15, 0.2) is 0 Å². The molecule has 6 N–H and O–H groups in total. The zero-order chi connectivity index (χ0) is 11.2. The Hall–Kier alpha value is -0.0400. The molecule has 0 aromatic rings. The minimum atomic E-state index is -2.87. The summed E-state index contributed by atoms with van der Waals surface area (Å²) < 4.78 is 28.8. The maximum atomic E-state index is 10.2. The van der Waals surface area contributed by atoms with Crippen LogP contribution in [-0.2, 0) is 18.2 Å². The van der Waals surface area contributed by atoms with Crippen LogP contribution in [-0.4, -0.2) is 22.2 Å². The van der Waals surface area contributed by atoms with Crippen LogP contribution >= 0.6 is 16.5 Å². The van der Waals surface area contributed by atoms with E-state index in [1.165, 1.54) is 0 Å². The Kier molecular flexibility index (Phi) is 6.43. The third-order valence-corrected chi connectivity index (χ3v) is 2.06. The monoisotopic (exact) mass is 246 g/mol. The minimum Gasteiger partial charge on any atom is -0.287 e. The van der Waals surface area contributed by atoms with Crippen LogP contribution < -0.4 is 11.5 Å². The molecule has 0 bridgehead atoms. The Morgan fingerprint density at radius 2 is 1.79 bits per heavy atom. The van der Waals surface area contributed by atoms with Crippen molar-refractivity contribution in [2.75, 3.05) is 6.61 Å². The van der Waals surface area contributed by atoms with E-state index in [2.05, 4.69) is 9.05 Å². The third kappa shape index (κ3) is 8.55. The summed E-state index contributed by atoms with van der Waals surface area (Å²) in [5.41, 5.74) is 10.5. The molecule has 0 aliphatic rings. The average molecular weight is 246 g/mol. The molecule has 0 saturated carbocycles. The van der Waals surface area contributed by atoms with Crippen LogP contribution in [0.3, 0.4) is 0 Å². The van der Waals surface area contributed by atoms with Crippen LogP contribution in [0.4, 0.5) is 0 Å². The van der Waals surface area contributed by atoms with Crippen LogP contribution in [0.2, 0.25) is 0 Å². The molecule has 0 radical (unpaired) electrons. The Balaban J connectivity index is 3.65. The molecule has 8 nitrogen and oxygen atoms in total. The van der Waals surface area contributed by atoms with Gasteiger partial charge in [-0.2, -0.15) is 0 Å². The van der Waals surface area contributed by atoms with Crippen molar-refractivity contribution in [3.8, 4) is 0 Å². The Morgan fingerprint density at radius 1 is 1.21 bits per heavy atom. The molecule has 0 aliphatic heterocycles. The van der Waals surface area contributed by atoms with Gasteiger partial charge < -0.3 is 0 Å². The van der Waals surface area contributed by atoms with Crippen molar-refractivity contribution in [3.63, 3.8) is 0 Å². The van der Waals surface area contributed by atoms with Crippen LogP contribution in [0.1, 0.15) is 12.8 Å². The molecule has 0 aliphatic carbocycles. The van der Waals surface area contributed by atoms with Crippen molar-refractivity contribution in [2.45, 2.75) is 18.7 Å². The first kappa shape index (κ1) is 14.0. The van der Waals surface area contributed by atoms with Crippen molar-refractivity contribution in [1.29, 1.82) is 0 Å². The van der Waals surface area contributed by atoms with Gasteiger partial charge in [-0.15, -0.1) is 14.3 Å². The lowest BCUT2D eigenvalue weighted by atomic mass is 10.2. The zero-order valence-corrected chi connectivity index (χ0v) is 8.99. The number of nitrogens with two attached hydrogens (primary N) is 2. The standard InChI is InChI=1S/C4H10N2O6P2/c5-4(6,12-14(9)10)2-1-3-11-13(7)8/h1-3,5-6H2/p+2. The van der Waals surface area contributed by atoms with Crippen molar-refractivity contribution < 1.29 is 28.0 Å². The van der Waals surface area contributed by atoms with E-state index < -0.39 is 22.4 Å². The van der Waals surface area contributed by atoms with Gasteiger partial charge in [0.15, 0.2) is 0 Å². The van der Waals surface area contributed by atoms with E-state index in [1.807, 2.05) is 0 Å². The molecule has 0 amide bonds. The SMILES string of the molecule is NC(N)(CCCO[P+](=O)O)O[P+](=O)O. The van der Waals surface area contributed by atoms with E-state index in [0.29, 0.717) is 0 Å². The summed E-state index contributed by atoms with van der Waals surface area (Å²) in [4.78, 5) is 16.6. The summed E-state index contributed by atoms with van der Waals surface area (Å²) in [5, 5.41) is 0. The lowest BCUT2D eigenvalue weighted by Crippen LogP contribution is -2.50. The van der Waals surface area contributed by atoms with Crippen molar-refractivity contribution in [1.82, 2.24) is 0 Å². The van der Waals surface area contributed by atoms with Gasteiger partial charge in [-0.1, -0.05) is 4.52 Å². The van der Waals surface area contributed by atoms with Gasteiger partial charge in [0, 0.05) is 15.6 Å². The summed E-state index contributed by atoms with van der Waals surface area (Å²) in [7, 11) is -5.51. The van der Waals surface area contributed by atoms with Gasteiger partial charge in [-0.25, -0.2) is 0 Å². The normalized spacial score (nSPS) is 14.0. The van der Waals surface area contributed by atoms with Crippen LogP contribution in [0, 0.1) is 0 Å². The fourth-order valence-electron chi connectivity index (χ4n) is 0.682. The smallest absolute Gasteiger partial charge is 0.287 e. The highest BCUT2D eigenvalue weighted by Gasteiger charge is 2.32. The number of hydrogen-bond donors (Lipinski definition) is 4. The third-order valence-electron chi connectivity index (χ3n) is 1.16. The van der Waals surface area contributed by atoms with Gasteiger partial charge in [0.1, 0.15) is 6.61 Å². The first-order valence-electron chi connectivity index (χ1n) is 3.55.